The van der Waals surface area contributed by atoms with Gasteiger partial charge in [-0.05, 0) is 30.3 Å². The molecular weight excluding hydrogens is 500 g/mol. The zero-order valence-corrected chi connectivity index (χ0v) is 20.2. The van der Waals surface area contributed by atoms with Gasteiger partial charge in [-0.1, -0.05) is 34.8 Å². The van der Waals surface area contributed by atoms with Crippen molar-refractivity contribution in [1.82, 2.24) is 19.2 Å². The summed E-state index contributed by atoms with van der Waals surface area (Å²) in [5.74, 6) is 0.401. The van der Waals surface area contributed by atoms with Gasteiger partial charge in [0.25, 0.3) is 0 Å². The van der Waals surface area contributed by atoms with Gasteiger partial charge in [-0.25, -0.2) is 17.8 Å². The molecule has 1 N–H and O–H groups in total. The lowest BCUT2D eigenvalue weighted by molar-refractivity contribution is 0.243. The number of aromatic amines is 1. The fourth-order valence-corrected chi connectivity index (χ4v) is 5.71. The quantitative estimate of drug-likeness (QED) is 0.496. The standard InChI is InChI=1S/C20H21Cl3FN5O2S/c1-27(32(30,31)19-12-15(22)14(21)11-16(19)23)4-5-28-6-8-29(9-7-28)20-25-17-3-2-13(24)10-18(17)26-20/h2-3,10-12H,4-9H2,1H3,(H,25,26). The molecule has 3 aromatic rings. The third kappa shape index (κ3) is 4.83. The maximum Gasteiger partial charge on any atom is 0.244 e. The van der Waals surface area contributed by atoms with Gasteiger partial charge in [-0.3, -0.25) is 4.90 Å². The van der Waals surface area contributed by atoms with Crippen LogP contribution in [0.5, 0.6) is 0 Å². The van der Waals surface area contributed by atoms with Crippen LogP contribution in [0.25, 0.3) is 11.0 Å². The van der Waals surface area contributed by atoms with Crippen molar-refractivity contribution >= 4 is 61.8 Å². The predicted molar refractivity (Wildman–Crippen MR) is 126 cm³/mol. The van der Waals surface area contributed by atoms with Gasteiger partial charge >= 0.3 is 0 Å². The minimum absolute atomic E-state index is 0.0329. The van der Waals surface area contributed by atoms with Crippen LogP contribution in [0.15, 0.2) is 35.2 Å². The zero-order valence-electron chi connectivity index (χ0n) is 17.2. The smallest absolute Gasteiger partial charge is 0.244 e. The number of piperazine rings is 1. The van der Waals surface area contributed by atoms with Gasteiger partial charge in [0.05, 0.1) is 26.1 Å². The van der Waals surface area contributed by atoms with Crippen molar-refractivity contribution in [2.24, 2.45) is 0 Å². The van der Waals surface area contributed by atoms with E-state index in [0.717, 1.165) is 31.7 Å². The molecule has 0 atom stereocenters. The number of anilines is 1. The molecule has 0 aliphatic carbocycles. The lowest BCUT2D eigenvalue weighted by Gasteiger charge is -2.35. The molecule has 0 spiro atoms. The van der Waals surface area contributed by atoms with E-state index >= 15 is 0 Å². The van der Waals surface area contributed by atoms with Crippen molar-refractivity contribution in [3.63, 3.8) is 0 Å². The number of nitrogens with zero attached hydrogens (tertiary/aromatic N) is 4. The van der Waals surface area contributed by atoms with Gasteiger partial charge in [0.15, 0.2) is 0 Å². The molecule has 1 saturated heterocycles. The number of H-pyrrole nitrogens is 1. The highest BCUT2D eigenvalue weighted by Gasteiger charge is 2.26. The van der Waals surface area contributed by atoms with Gasteiger partial charge < -0.3 is 9.88 Å². The van der Waals surface area contributed by atoms with E-state index in [4.69, 9.17) is 34.8 Å². The number of hydrogen-bond acceptors (Lipinski definition) is 5. The van der Waals surface area contributed by atoms with Gasteiger partial charge in [-0.15, -0.1) is 0 Å². The number of nitrogens with one attached hydrogen (secondary N) is 1. The van der Waals surface area contributed by atoms with Crippen molar-refractivity contribution in [2.45, 2.75) is 4.90 Å². The molecule has 1 fully saturated rings. The van der Waals surface area contributed by atoms with Crippen molar-refractivity contribution in [3.8, 4) is 0 Å². The summed E-state index contributed by atoms with van der Waals surface area (Å²) in [6.45, 7) is 3.78. The molecular formula is C20H21Cl3FN5O2S. The van der Waals surface area contributed by atoms with Crippen LogP contribution >= 0.6 is 34.8 Å². The van der Waals surface area contributed by atoms with Gasteiger partial charge in [0.1, 0.15) is 10.7 Å². The first kappa shape index (κ1) is 23.5. The molecule has 32 heavy (non-hydrogen) atoms. The first-order valence-corrected chi connectivity index (χ1v) is 12.5. The number of benzene rings is 2. The summed E-state index contributed by atoms with van der Waals surface area (Å²) in [6.07, 6.45) is 0. The largest absolute Gasteiger partial charge is 0.340 e. The first-order valence-electron chi connectivity index (χ1n) is 9.88. The zero-order chi connectivity index (χ0) is 23.0. The summed E-state index contributed by atoms with van der Waals surface area (Å²) in [4.78, 5) is 11.9. The topological polar surface area (TPSA) is 72.5 Å². The van der Waals surface area contributed by atoms with Crippen LogP contribution in [0, 0.1) is 5.82 Å². The molecule has 0 amide bonds. The Labute approximate surface area is 200 Å². The first-order chi connectivity index (χ1) is 15.1. The Hall–Kier alpha value is -1.62. The van der Waals surface area contributed by atoms with Crippen LogP contribution in [-0.4, -0.2) is 73.9 Å². The van der Waals surface area contributed by atoms with E-state index in [2.05, 4.69) is 19.8 Å². The van der Waals surface area contributed by atoms with Crippen LogP contribution in [0.3, 0.4) is 0 Å². The minimum Gasteiger partial charge on any atom is -0.340 e. The van der Waals surface area contributed by atoms with Crippen molar-refractivity contribution < 1.29 is 12.8 Å². The number of hydrogen-bond donors (Lipinski definition) is 1. The van der Waals surface area contributed by atoms with Crippen LogP contribution in [0.2, 0.25) is 15.1 Å². The molecule has 0 radical (unpaired) electrons. The minimum atomic E-state index is -3.81. The maximum absolute atomic E-state index is 13.4. The predicted octanol–water partition coefficient (Wildman–Crippen LogP) is 4.10. The summed E-state index contributed by atoms with van der Waals surface area (Å²) in [5.41, 5.74) is 1.38. The highest BCUT2D eigenvalue weighted by molar-refractivity contribution is 7.89. The van der Waals surface area contributed by atoms with Crippen LogP contribution in [0.1, 0.15) is 0 Å². The molecule has 2 aromatic carbocycles. The number of sulfonamides is 1. The van der Waals surface area contributed by atoms with Gasteiger partial charge in [-0.2, -0.15) is 4.31 Å². The monoisotopic (exact) mass is 519 g/mol. The Morgan fingerprint density at radius 2 is 1.75 bits per heavy atom. The van der Waals surface area contributed by atoms with E-state index in [9.17, 15) is 12.8 Å². The van der Waals surface area contributed by atoms with Crippen LogP contribution in [0.4, 0.5) is 10.3 Å². The molecule has 2 heterocycles. The van der Waals surface area contributed by atoms with Crippen molar-refractivity contribution in [2.75, 3.05) is 51.2 Å². The third-order valence-electron chi connectivity index (χ3n) is 5.50. The Bertz CT molecular complexity index is 1250. The van der Waals surface area contributed by atoms with Crippen LogP contribution in [-0.2, 0) is 10.0 Å². The average Bonchev–Trinajstić information content (AvgIpc) is 3.18. The molecule has 12 heteroatoms. The molecule has 0 bridgehead atoms. The molecule has 0 unspecified atom stereocenters. The average molecular weight is 521 g/mol. The molecule has 172 valence electrons. The Balaban J connectivity index is 1.34. The lowest BCUT2D eigenvalue weighted by Crippen LogP contribution is -2.49. The van der Waals surface area contributed by atoms with Crippen molar-refractivity contribution in [1.29, 1.82) is 0 Å². The maximum atomic E-state index is 13.4. The molecule has 1 aliphatic heterocycles. The molecule has 1 aromatic heterocycles. The van der Waals surface area contributed by atoms with Gasteiger partial charge in [0.2, 0.25) is 16.0 Å². The number of fused-ring (bicyclic) bond motifs is 1. The second kappa shape index (κ2) is 9.32. The number of imidazole rings is 1. The second-order valence-electron chi connectivity index (χ2n) is 7.57. The Morgan fingerprint density at radius 3 is 2.47 bits per heavy atom. The van der Waals surface area contributed by atoms with Crippen molar-refractivity contribution in [3.05, 3.63) is 51.2 Å². The summed E-state index contributed by atoms with van der Waals surface area (Å²) < 4.78 is 40.5. The normalized spacial score (nSPS) is 15.8. The number of rotatable bonds is 6. The summed E-state index contributed by atoms with van der Waals surface area (Å²) in [6, 6.07) is 7.07. The van der Waals surface area contributed by atoms with Crippen LogP contribution < -0.4 is 4.90 Å². The number of aromatic nitrogens is 2. The number of halogens is 4. The SMILES string of the molecule is CN(CCN1CCN(c2nc3ccc(F)cc3[nH]2)CC1)S(=O)(=O)c1cc(Cl)c(Cl)cc1Cl. The highest BCUT2D eigenvalue weighted by atomic mass is 35.5. The number of likely N-dealkylation sites (N-methyl/N-ethyl adjacent to an activating group) is 1. The third-order valence-corrected chi connectivity index (χ3v) is 8.54. The Morgan fingerprint density at radius 1 is 1.06 bits per heavy atom. The Kier molecular flexibility index (Phi) is 6.86. The van der Waals surface area contributed by atoms with E-state index in [1.807, 2.05) is 0 Å². The van der Waals surface area contributed by atoms with E-state index in [-0.39, 0.29) is 25.8 Å². The molecule has 1 aliphatic rings. The van der Waals surface area contributed by atoms with Gasteiger partial charge in [0, 0.05) is 46.3 Å². The highest BCUT2D eigenvalue weighted by Crippen LogP contribution is 2.32. The van der Waals surface area contributed by atoms with E-state index < -0.39 is 10.0 Å². The fourth-order valence-electron chi connectivity index (χ4n) is 3.57. The molecule has 4 rings (SSSR count). The fraction of sp³-hybridized carbons (Fsp3) is 0.350. The molecule has 7 nitrogen and oxygen atoms in total. The van der Waals surface area contributed by atoms with E-state index in [1.54, 1.807) is 6.07 Å². The summed E-state index contributed by atoms with van der Waals surface area (Å²) in [7, 11) is -2.29. The summed E-state index contributed by atoms with van der Waals surface area (Å²) >= 11 is 18.0. The van der Waals surface area contributed by atoms with E-state index in [1.165, 1.54) is 35.6 Å². The second-order valence-corrected chi connectivity index (χ2v) is 10.8. The lowest BCUT2D eigenvalue weighted by atomic mass is 10.3. The van der Waals surface area contributed by atoms with E-state index in [0.29, 0.717) is 24.6 Å². The molecule has 0 saturated carbocycles. The summed E-state index contributed by atoms with van der Waals surface area (Å²) in [5, 5.41) is 0.365.